The highest BCUT2D eigenvalue weighted by atomic mass is 16.4. The number of rotatable bonds is 3. The van der Waals surface area contributed by atoms with Gasteiger partial charge in [-0.15, -0.1) is 0 Å². The van der Waals surface area contributed by atoms with Gasteiger partial charge in [-0.05, 0) is 12.8 Å². The lowest BCUT2D eigenvalue weighted by Crippen LogP contribution is -2.40. The van der Waals surface area contributed by atoms with Crippen LogP contribution in [0.1, 0.15) is 20.8 Å². The molecule has 1 fully saturated rings. The van der Waals surface area contributed by atoms with Crippen molar-refractivity contribution in [2.45, 2.75) is 26.8 Å². The van der Waals surface area contributed by atoms with Gasteiger partial charge in [0.1, 0.15) is 0 Å². The minimum Gasteiger partial charge on any atom is -0.481 e. The Bertz CT molecular complexity index is 267. The van der Waals surface area contributed by atoms with Gasteiger partial charge in [0.05, 0.1) is 12.6 Å². The molecule has 0 spiro atoms. The second-order valence-corrected chi connectivity index (χ2v) is 4.24. The monoisotopic (exact) mass is 214 g/mol. The normalized spacial score (nSPS) is 31.5. The number of nitrogens with zero attached hydrogens (tertiary/aromatic N) is 1. The van der Waals surface area contributed by atoms with Gasteiger partial charge in [0.25, 0.3) is 0 Å². The van der Waals surface area contributed by atoms with Crippen LogP contribution in [0.25, 0.3) is 0 Å². The fraction of sp³-hybridized carbons (Fsp3) is 0.800. The third-order valence-electron chi connectivity index (χ3n) is 3.05. The molecule has 0 radical (unpaired) electrons. The Labute approximate surface area is 89.4 Å². The quantitative estimate of drug-likeness (QED) is 0.700. The van der Waals surface area contributed by atoms with E-state index in [1.54, 1.807) is 0 Å². The maximum absolute atomic E-state index is 11.0. The lowest BCUT2D eigenvalue weighted by Gasteiger charge is -2.22. The van der Waals surface area contributed by atoms with Crippen LogP contribution in [0.3, 0.4) is 0 Å². The van der Waals surface area contributed by atoms with Crippen molar-refractivity contribution in [1.82, 2.24) is 10.2 Å². The Hall–Kier alpha value is -1.10. The molecule has 2 N–H and O–H groups in total. The smallest absolute Gasteiger partial charge is 0.308 e. The van der Waals surface area contributed by atoms with Crippen LogP contribution in [0.4, 0.5) is 0 Å². The van der Waals surface area contributed by atoms with E-state index in [-0.39, 0.29) is 23.8 Å². The molecule has 3 atom stereocenters. The highest BCUT2D eigenvalue weighted by Crippen LogP contribution is 2.28. The Balaban J connectivity index is 2.56. The van der Waals surface area contributed by atoms with Gasteiger partial charge in [-0.25, -0.2) is 0 Å². The van der Waals surface area contributed by atoms with Crippen molar-refractivity contribution in [1.29, 1.82) is 0 Å². The molecule has 15 heavy (non-hydrogen) atoms. The molecule has 1 aliphatic heterocycles. The number of nitrogens with one attached hydrogen (secondary N) is 1. The molecule has 0 aromatic heterocycles. The number of hydrogen-bond donors (Lipinski definition) is 2. The molecular formula is C10H18N2O3. The van der Waals surface area contributed by atoms with Gasteiger partial charge < -0.3 is 10.4 Å². The second kappa shape index (κ2) is 4.61. The number of carbonyl (C=O) groups excluding carboxylic acids is 1. The van der Waals surface area contributed by atoms with Crippen LogP contribution in [0.15, 0.2) is 0 Å². The number of carboxylic acids is 1. The molecule has 86 valence electrons. The third-order valence-corrected chi connectivity index (χ3v) is 3.05. The molecule has 0 bridgehead atoms. The first-order chi connectivity index (χ1) is 6.93. The largest absolute Gasteiger partial charge is 0.481 e. The Morgan fingerprint density at radius 2 is 2.07 bits per heavy atom. The predicted octanol–water partition coefficient (Wildman–Crippen LogP) is 0.121. The van der Waals surface area contributed by atoms with Gasteiger partial charge in [-0.1, -0.05) is 6.92 Å². The topological polar surface area (TPSA) is 69.6 Å². The second-order valence-electron chi connectivity index (χ2n) is 4.24. The zero-order valence-corrected chi connectivity index (χ0v) is 9.36. The van der Waals surface area contributed by atoms with Gasteiger partial charge in [0, 0.05) is 19.5 Å². The van der Waals surface area contributed by atoms with E-state index in [4.69, 9.17) is 5.11 Å². The molecule has 0 aromatic rings. The molecule has 0 saturated carbocycles. The average Bonchev–Trinajstić information content (AvgIpc) is 2.37. The number of hydrogen-bond acceptors (Lipinski definition) is 3. The fourth-order valence-corrected chi connectivity index (χ4v) is 2.22. The third kappa shape index (κ3) is 2.68. The summed E-state index contributed by atoms with van der Waals surface area (Å²) in [7, 11) is 0. The number of carboxylic acid groups (broad SMARTS) is 1. The number of aliphatic carboxylic acids is 1. The van der Waals surface area contributed by atoms with Gasteiger partial charge >= 0.3 is 5.97 Å². The highest BCUT2D eigenvalue weighted by molar-refractivity contribution is 5.73. The molecule has 5 heteroatoms. The predicted molar refractivity (Wildman–Crippen MR) is 55.1 cm³/mol. The lowest BCUT2D eigenvalue weighted by atomic mass is 9.93. The Kier molecular flexibility index (Phi) is 3.68. The molecule has 1 amide bonds. The first-order valence-corrected chi connectivity index (χ1v) is 5.14. The van der Waals surface area contributed by atoms with E-state index >= 15 is 0 Å². The summed E-state index contributed by atoms with van der Waals surface area (Å²) in [4.78, 5) is 23.7. The van der Waals surface area contributed by atoms with E-state index in [1.807, 2.05) is 18.7 Å². The summed E-state index contributed by atoms with van der Waals surface area (Å²) in [6.07, 6.45) is 0. The summed E-state index contributed by atoms with van der Waals surface area (Å²) in [5.74, 6) is -1.04. The van der Waals surface area contributed by atoms with Gasteiger partial charge in [0.2, 0.25) is 5.91 Å². The minimum absolute atomic E-state index is 0.0238. The summed E-state index contributed by atoms with van der Waals surface area (Å²) in [5, 5.41) is 11.7. The van der Waals surface area contributed by atoms with E-state index in [2.05, 4.69) is 5.32 Å². The number of amides is 1. The summed E-state index contributed by atoms with van der Waals surface area (Å²) < 4.78 is 0. The van der Waals surface area contributed by atoms with Crippen molar-refractivity contribution in [3.63, 3.8) is 0 Å². The van der Waals surface area contributed by atoms with Crippen molar-refractivity contribution in [3.05, 3.63) is 0 Å². The van der Waals surface area contributed by atoms with Crippen molar-refractivity contribution >= 4 is 11.9 Å². The average molecular weight is 214 g/mol. The molecule has 0 aliphatic carbocycles. The Morgan fingerprint density at radius 3 is 2.47 bits per heavy atom. The van der Waals surface area contributed by atoms with Crippen LogP contribution in [0.2, 0.25) is 0 Å². The molecule has 1 rings (SSSR count). The zero-order valence-electron chi connectivity index (χ0n) is 9.36. The first-order valence-electron chi connectivity index (χ1n) is 5.14. The molecule has 3 unspecified atom stereocenters. The molecule has 1 aliphatic rings. The van der Waals surface area contributed by atoms with Crippen molar-refractivity contribution in [2.24, 2.45) is 11.8 Å². The highest BCUT2D eigenvalue weighted by Gasteiger charge is 2.40. The SMILES string of the molecule is CC(=O)NCN1CC(C)C(C(=O)O)C1C. The van der Waals surface area contributed by atoms with Crippen molar-refractivity contribution in [2.75, 3.05) is 13.2 Å². The van der Waals surface area contributed by atoms with Crippen LogP contribution in [-0.4, -0.2) is 41.1 Å². The van der Waals surface area contributed by atoms with Gasteiger partial charge in [0.15, 0.2) is 0 Å². The molecular weight excluding hydrogens is 196 g/mol. The van der Waals surface area contributed by atoms with Crippen molar-refractivity contribution < 1.29 is 14.7 Å². The molecule has 1 saturated heterocycles. The number of carbonyl (C=O) groups is 2. The van der Waals surface area contributed by atoms with Crippen molar-refractivity contribution in [3.8, 4) is 0 Å². The van der Waals surface area contributed by atoms with Crippen LogP contribution < -0.4 is 5.32 Å². The molecule has 1 heterocycles. The maximum atomic E-state index is 11.0. The Morgan fingerprint density at radius 1 is 1.47 bits per heavy atom. The van der Waals surface area contributed by atoms with E-state index in [9.17, 15) is 9.59 Å². The van der Waals surface area contributed by atoms with Gasteiger partial charge in [-0.3, -0.25) is 14.5 Å². The summed E-state index contributed by atoms with van der Waals surface area (Å²) >= 11 is 0. The van der Waals surface area contributed by atoms with Crippen LogP contribution in [-0.2, 0) is 9.59 Å². The fourth-order valence-electron chi connectivity index (χ4n) is 2.22. The van der Waals surface area contributed by atoms with E-state index in [0.717, 1.165) is 6.54 Å². The summed E-state index contributed by atoms with van der Waals surface area (Å²) in [6, 6.07) is -0.0238. The molecule has 0 aromatic carbocycles. The van der Waals surface area contributed by atoms with Crippen LogP contribution in [0, 0.1) is 11.8 Å². The first kappa shape index (κ1) is 12.0. The van der Waals surface area contributed by atoms with Gasteiger partial charge in [-0.2, -0.15) is 0 Å². The van der Waals surface area contributed by atoms with Crippen LogP contribution >= 0.6 is 0 Å². The zero-order chi connectivity index (χ0) is 11.6. The van der Waals surface area contributed by atoms with Crippen LogP contribution in [0.5, 0.6) is 0 Å². The summed E-state index contributed by atoms with van der Waals surface area (Å²) in [5.41, 5.74) is 0. The minimum atomic E-state index is -0.750. The summed E-state index contributed by atoms with van der Waals surface area (Å²) in [6.45, 7) is 6.44. The van der Waals surface area contributed by atoms with E-state index in [1.165, 1.54) is 6.92 Å². The number of likely N-dealkylation sites (tertiary alicyclic amines) is 1. The van der Waals surface area contributed by atoms with E-state index in [0.29, 0.717) is 6.67 Å². The standard InChI is InChI=1S/C10H18N2O3/c1-6-4-12(5-11-8(3)13)7(2)9(6)10(14)15/h6-7,9H,4-5H2,1-3H3,(H,11,13)(H,14,15). The lowest BCUT2D eigenvalue weighted by molar-refractivity contribution is -0.143. The van der Waals surface area contributed by atoms with E-state index < -0.39 is 5.97 Å². The maximum Gasteiger partial charge on any atom is 0.308 e. The molecule has 5 nitrogen and oxygen atoms in total.